The van der Waals surface area contributed by atoms with Crippen molar-refractivity contribution in [2.45, 2.75) is 20.8 Å². The molecule has 0 aliphatic heterocycles. The first-order chi connectivity index (χ1) is 7.13. The molecule has 0 fully saturated rings. The van der Waals surface area contributed by atoms with E-state index in [9.17, 15) is 4.79 Å². The first kappa shape index (κ1) is 11.7. The Balaban J connectivity index is 2.63. The molecule has 3 heteroatoms. The molecule has 0 saturated heterocycles. The molecule has 0 bridgehead atoms. The van der Waals surface area contributed by atoms with Crippen LogP contribution in [0, 0.1) is 13.8 Å². The molecule has 1 aromatic rings. The third kappa shape index (κ3) is 3.72. The SMILES string of the molecule is CCOCC(=O)Oc1cc(C)ccc1C. The Kier molecular flexibility index (Phi) is 4.31. The van der Waals surface area contributed by atoms with E-state index in [1.807, 2.05) is 39.0 Å². The lowest BCUT2D eigenvalue weighted by Gasteiger charge is -2.07. The molecule has 0 unspecified atom stereocenters. The second-order valence-electron chi connectivity index (χ2n) is 3.38. The second-order valence-corrected chi connectivity index (χ2v) is 3.38. The number of carbonyl (C=O) groups is 1. The minimum absolute atomic E-state index is 0.00385. The van der Waals surface area contributed by atoms with Crippen molar-refractivity contribution < 1.29 is 14.3 Å². The van der Waals surface area contributed by atoms with Crippen LogP contribution in [0.15, 0.2) is 18.2 Å². The van der Waals surface area contributed by atoms with E-state index in [0.29, 0.717) is 12.4 Å². The van der Waals surface area contributed by atoms with Crippen LogP contribution in [0.1, 0.15) is 18.1 Å². The molecule has 0 N–H and O–H groups in total. The van der Waals surface area contributed by atoms with E-state index in [1.165, 1.54) is 0 Å². The number of rotatable bonds is 4. The van der Waals surface area contributed by atoms with Gasteiger partial charge in [0.15, 0.2) is 0 Å². The Morgan fingerprint density at radius 3 is 2.73 bits per heavy atom. The van der Waals surface area contributed by atoms with Crippen molar-refractivity contribution in [3.05, 3.63) is 29.3 Å². The van der Waals surface area contributed by atoms with Crippen LogP contribution >= 0.6 is 0 Å². The predicted molar refractivity (Wildman–Crippen MR) is 58.0 cm³/mol. The van der Waals surface area contributed by atoms with E-state index >= 15 is 0 Å². The second kappa shape index (κ2) is 5.51. The molecule has 0 heterocycles. The van der Waals surface area contributed by atoms with Crippen LogP contribution in [0.2, 0.25) is 0 Å². The Morgan fingerprint density at radius 1 is 1.33 bits per heavy atom. The number of carbonyl (C=O) groups excluding carboxylic acids is 1. The molecule has 0 radical (unpaired) electrons. The normalized spacial score (nSPS) is 10.1. The van der Waals surface area contributed by atoms with E-state index in [-0.39, 0.29) is 12.6 Å². The summed E-state index contributed by atoms with van der Waals surface area (Å²) in [6, 6.07) is 5.76. The minimum atomic E-state index is -0.356. The Labute approximate surface area is 90.0 Å². The predicted octanol–water partition coefficient (Wildman–Crippen LogP) is 2.25. The summed E-state index contributed by atoms with van der Waals surface area (Å²) in [5.41, 5.74) is 2.02. The number of ether oxygens (including phenoxy) is 2. The highest BCUT2D eigenvalue weighted by Gasteiger charge is 2.06. The molecule has 1 aromatic carbocycles. The van der Waals surface area contributed by atoms with Gasteiger partial charge in [-0.3, -0.25) is 0 Å². The molecule has 0 saturated carbocycles. The molecule has 0 atom stereocenters. The highest BCUT2D eigenvalue weighted by atomic mass is 16.6. The van der Waals surface area contributed by atoms with Crippen molar-refractivity contribution in [1.82, 2.24) is 0 Å². The maximum Gasteiger partial charge on any atom is 0.337 e. The molecule has 1 rings (SSSR count). The zero-order valence-electron chi connectivity index (χ0n) is 9.37. The van der Waals surface area contributed by atoms with Gasteiger partial charge >= 0.3 is 5.97 Å². The van der Waals surface area contributed by atoms with Crippen LogP contribution in [0.3, 0.4) is 0 Å². The fraction of sp³-hybridized carbons (Fsp3) is 0.417. The van der Waals surface area contributed by atoms with E-state index in [0.717, 1.165) is 11.1 Å². The average molecular weight is 208 g/mol. The van der Waals surface area contributed by atoms with Crippen molar-refractivity contribution >= 4 is 5.97 Å². The number of hydrogen-bond donors (Lipinski definition) is 0. The molecule has 0 spiro atoms. The maximum atomic E-state index is 11.3. The first-order valence-corrected chi connectivity index (χ1v) is 4.99. The van der Waals surface area contributed by atoms with Gasteiger partial charge in [-0.1, -0.05) is 12.1 Å². The third-order valence-electron chi connectivity index (χ3n) is 1.99. The number of benzene rings is 1. The minimum Gasteiger partial charge on any atom is -0.425 e. The summed E-state index contributed by atoms with van der Waals surface area (Å²) in [6.45, 7) is 6.22. The lowest BCUT2D eigenvalue weighted by Crippen LogP contribution is -2.16. The van der Waals surface area contributed by atoms with Crippen molar-refractivity contribution in [3.8, 4) is 5.75 Å². The molecule has 82 valence electrons. The summed E-state index contributed by atoms with van der Waals surface area (Å²) in [5, 5.41) is 0. The van der Waals surface area contributed by atoms with Crippen LogP contribution in [-0.2, 0) is 9.53 Å². The fourth-order valence-corrected chi connectivity index (χ4v) is 1.15. The lowest BCUT2D eigenvalue weighted by atomic mass is 10.1. The van der Waals surface area contributed by atoms with Crippen molar-refractivity contribution in [2.75, 3.05) is 13.2 Å². The maximum absolute atomic E-state index is 11.3. The van der Waals surface area contributed by atoms with Gasteiger partial charge in [-0.25, -0.2) is 4.79 Å². The van der Waals surface area contributed by atoms with E-state index < -0.39 is 0 Å². The van der Waals surface area contributed by atoms with Gasteiger partial charge in [0.2, 0.25) is 0 Å². The van der Waals surface area contributed by atoms with E-state index in [2.05, 4.69) is 0 Å². The summed E-state index contributed by atoms with van der Waals surface area (Å²) in [7, 11) is 0. The monoisotopic (exact) mass is 208 g/mol. The van der Waals surface area contributed by atoms with Crippen LogP contribution in [-0.4, -0.2) is 19.2 Å². The summed E-state index contributed by atoms with van der Waals surface area (Å²) in [5.74, 6) is 0.255. The van der Waals surface area contributed by atoms with Crippen LogP contribution < -0.4 is 4.74 Å². The van der Waals surface area contributed by atoms with Crippen molar-refractivity contribution in [1.29, 1.82) is 0 Å². The first-order valence-electron chi connectivity index (χ1n) is 4.99. The number of aryl methyl sites for hydroxylation is 2. The third-order valence-corrected chi connectivity index (χ3v) is 1.99. The Morgan fingerprint density at radius 2 is 2.07 bits per heavy atom. The molecule has 0 aromatic heterocycles. The van der Waals surface area contributed by atoms with Gasteiger partial charge in [0.05, 0.1) is 0 Å². The standard InChI is InChI=1S/C12H16O3/c1-4-14-8-12(13)15-11-7-9(2)5-6-10(11)3/h5-7H,4,8H2,1-3H3. The molecule has 0 amide bonds. The van der Waals surface area contributed by atoms with Crippen molar-refractivity contribution in [3.63, 3.8) is 0 Å². The topological polar surface area (TPSA) is 35.5 Å². The van der Waals surface area contributed by atoms with Crippen LogP contribution in [0.25, 0.3) is 0 Å². The van der Waals surface area contributed by atoms with Gasteiger partial charge < -0.3 is 9.47 Å². The van der Waals surface area contributed by atoms with Gasteiger partial charge in [0.25, 0.3) is 0 Å². The Hall–Kier alpha value is -1.35. The molecular formula is C12H16O3. The molecule has 3 nitrogen and oxygen atoms in total. The Bertz CT molecular complexity index is 345. The van der Waals surface area contributed by atoms with Gasteiger partial charge in [0, 0.05) is 6.61 Å². The summed E-state index contributed by atoms with van der Waals surface area (Å²) < 4.78 is 10.1. The highest BCUT2D eigenvalue weighted by Crippen LogP contribution is 2.19. The van der Waals surface area contributed by atoms with Gasteiger partial charge in [-0.15, -0.1) is 0 Å². The zero-order valence-corrected chi connectivity index (χ0v) is 9.37. The highest BCUT2D eigenvalue weighted by molar-refractivity contribution is 5.74. The average Bonchev–Trinajstić information content (AvgIpc) is 2.20. The van der Waals surface area contributed by atoms with Gasteiger partial charge in [-0.2, -0.15) is 0 Å². The van der Waals surface area contributed by atoms with Gasteiger partial charge in [0.1, 0.15) is 12.4 Å². The summed E-state index contributed by atoms with van der Waals surface area (Å²) in [4.78, 5) is 11.3. The molecule has 0 aliphatic carbocycles. The van der Waals surface area contributed by atoms with E-state index in [1.54, 1.807) is 0 Å². The fourth-order valence-electron chi connectivity index (χ4n) is 1.15. The van der Waals surface area contributed by atoms with E-state index in [4.69, 9.17) is 9.47 Å². The summed E-state index contributed by atoms with van der Waals surface area (Å²) in [6.07, 6.45) is 0. The smallest absolute Gasteiger partial charge is 0.337 e. The van der Waals surface area contributed by atoms with Crippen molar-refractivity contribution in [2.24, 2.45) is 0 Å². The van der Waals surface area contributed by atoms with Crippen LogP contribution in [0.5, 0.6) is 5.75 Å². The van der Waals surface area contributed by atoms with Crippen LogP contribution in [0.4, 0.5) is 0 Å². The molecule has 15 heavy (non-hydrogen) atoms. The summed E-state index contributed by atoms with van der Waals surface area (Å²) >= 11 is 0. The molecular weight excluding hydrogens is 192 g/mol. The lowest BCUT2D eigenvalue weighted by molar-refractivity contribution is -0.139. The largest absolute Gasteiger partial charge is 0.425 e. The molecule has 0 aliphatic rings. The number of hydrogen-bond acceptors (Lipinski definition) is 3. The van der Waals surface area contributed by atoms with Gasteiger partial charge in [-0.05, 0) is 38.0 Å². The number of esters is 1. The quantitative estimate of drug-likeness (QED) is 0.562. The zero-order chi connectivity index (χ0) is 11.3.